The second-order valence-electron chi connectivity index (χ2n) is 8.57. The molecule has 2 fully saturated rings. The Morgan fingerprint density at radius 3 is 2.29 bits per heavy atom. The first-order chi connectivity index (χ1) is 15.1. The molecule has 4 rings (SSSR count). The van der Waals surface area contributed by atoms with Crippen LogP contribution in [0.4, 0.5) is 5.95 Å². The largest absolute Gasteiger partial charge is 0.497 e. The topological polar surface area (TPSA) is 61.8 Å². The summed E-state index contributed by atoms with van der Waals surface area (Å²) in [5, 5.41) is 0. The Labute approximate surface area is 185 Å². The van der Waals surface area contributed by atoms with Crippen molar-refractivity contribution < 1.29 is 9.53 Å². The molecule has 1 unspecified atom stereocenters. The van der Waals surface area contributed by atoms with Gasteiger partial charge in [0.25, 0.3) is 0 Å². The monoisotopic (exact) mass is 423 g/mol. The number of hydrogen-bond acceptors (Lipinski definition) is 6. The van der Waals surface area contributed by atoms with E-state index < -0.39 is 0 Å². The van der Waals surface area contributed by atoms with Gasteiger partial charge in [-0.2, -0.15) is 0 Å². The van der Waals surface area contributed by atoms with Crippen molar-refractivity contribution in [2.75, 3.05) is 51.3 Å². The van der Waals surface area contributed by atoms with Gasteiger partial charge in [0.05, 0.1) is 13.2 Å². The van der Waals surface area contributed by atoms with Crippen LogP contribution in [-0.2, 0) is 11.2 Å². The summed E-state index contributed by atoms with van der Waals surface area (Å²) in [6.45, 7) is 7.08. The average molecular weight is 424 g/mol. The third kappa shape index (κ3) is 5.34. The minimum Gasteiger partial charge on any atom is -0.497 e. The van der Waals surface area contributed by atoms with E-state index in [-0.39, 0.29) is 11.9 Å². The van der Waals surface area contributed by atoms with Crippen LogP contribution in [0.25, 0.3) is 0 Å². The SMILES string of the molecule is COc1ccc(CC2CCN(C(C)C(=O)N3CCN(c4ncccn4)CC3)CC2)cc1. The Morgan fingerprint density at radius 1 is 1.03 bits per heavy atom. The Morgan fingerprint density at radius 2 is 1.68 bits per heavy atom. The number of hydrogen-bond donors (Lipinski definition) is 0. The van der Waals surface area contributed by atoms with Gasteiger partial charge in [0.1, 0.15) is 5.75 Å². The number of rotatable bonds is 6. The third-order valence-electron chi connectivity index (χ3n) is 6.66. The fourth-order valence-electron chi connectivity index (χ4n) is 4.64. The van der Waals surface area contributed by atoms with E-state index in [0.29, 0.717) is 5.92 Å². The molecule has 166 valence electrons. The van der Waals surface area contributed by atoms with Gasteiger partial charge in [0.2, 0.25) is 11.9 Å². The third-order valence-corrected chi connectivity index (χ3v) is 6.66. The molecule has 0 aliphatic carbocycles. The van der Waals surface area contributed by atoms with E-state index >= 15 is 0 Å². The molecule has 2 saturated heterocycles. The first-order valence-corrected chi connectivity index (χ1v) is 11.3. The zero-order valence-electron chi connectivity index (χ0n) is 18.6. The van der Waals surface area contributed by atoms with Crippen LogP contribution in [0.15, 0.2) is 42.7 Å². The van der Waals surface area contributed by atoms with Gasteiger partial charge in [-0.3, -0.25) is 9.69 Å². The van der Waals surface area contributed by atoms with Crippen LogP contribution in [0.2, 0.25) is 0 Å². The van der Waals surface area contributed by atoms with Crippen LogP contribution in [0.1, 0.15) is 25.3 Å². The molecule has 0 N–H and O–H groups in total. The molecule has 3 heterocycles. The molecule has 1 aromatic carbocycles. The van der Waals surface area contributed by atoms with Crippen LogP contribution in [0, 0.1) is 5.92 Å². The van der Waals surface area contributed by atoms with E-state index in [4.69, 9.17) is 4.74 Å². The van der Waals surface area contributed by atoms with Crippen LogP contribution in [-0.4, -0.2) is 78.1 Å². The first kappa shape index (κ1) is 21.6. The molecule has 0 bridgehead atoms. The molecule has 0 saturated carbocycles. The van der Waals surface area contributed by atoms with Gasteiger partial charge in [-0.25, -0.2) is 9.97 Å². The number of benzene rings is 1. The van der Waals surface area contributed by atoms with Crippen molar-refractivity contribution in [3.05, 3.63) is 48.3 Å². The number of likely N-dealkylation sites (tertiary alicyclic amines) is 1. The Hall–Kier alpha value is -2.67. The average Bonchev–Trinajstić information content (AvgIpc) is 2.85. The molecule has 1 amide bonds. The summed E-state index contributed by atoms with van der Waals surface area (Å²) in [5.41, 5.74) is 1.36. The number of ether oxygens (including phenoxy) is 1. The predicted octanol–water partition coefficient (Wildman–Crippen LogP) is 2.48. The summed E-state index contributed by atoms with van der Waals surface area (Å²) in [6, 6.07) is 10.2. The van der Waals surface area contributed by atoms with Crippen molar-refractivity contribution >= 4 is 11.9 Å². The van der Waals surface area contributed by atoms with E-state index in [1.54, 1.807) is 19.5 Å². The molecule has 2 aromatic rings. The van der Waals surface area contributed by atoms with Crippen LogP contribution in [0.3, 0.4) is 0 Å². The summed E-state index contributed by atoms with van der Waals surface area (Å²) in [5.74, 6) is 2.59. The molecule has 7 nitrogen and oxygen atoms in total. The fourth-order valence-corrected chi connectivity index (χ4v) is 4.64. The predicted molar refractivity (Wildman–Crippen MR) is 121 cm³/mol. The van der Waals surface area contributed by atoms with E-state index in [0.717, 1.165) is 70.2 Å². The maximum Gasteiger partial charge on any atom is 0.239 e. The van der Waals surface area contributed by atoms with Gasteiger partial charge in [-0.1, -0.05) is 12.1 Å². The number of nitrogens with zero attached hydrogens (tertiary/aromatic N) is 5. The van der Waals surface area contributed by atoms with Gasteiger partial charge < -0.3 is 14.5 Å². The Balaban J connectivity index is 1.23. The Bertz CT molecular complexity index is 829. The lowest BCUT2D eigenvalue weighted by Crippen LogP contribution is -2.55. The van der Waals surface area contributed by atoms with E-state index in [1.165, 1.54) is 5.56 Å². The highest BCUT2D eigenvalue weighted by molar-refractivity contribution is 5.81. The zero-order valence-corrected chi connectivity index (χ0v) is 18.6. The number of aromatic nitrogens is 2. The van der Waals surface area contributed by atoms with Gasteiger partial charge in [-0.15, -0.1) is 0 Å². The normalized spacial score (nSPS) is 19.3. The molecule has 2 aliphatic heterocycles. The van der Waals surface area contributed by atoms with Gasteiger partial charge in [0.15, 0.2) is 0 Å². The summed E-state index contributed by atoms with van der Waals surface area (Å²) < 4.78 is 5.25. The smallest absolute Gasteiger partial charge is 0.239 e. The number of methoxy groups -OCH3 is 1. The number of carbonyl (C=O) groups excluding carboxylic acids is 1. The Kier molecular flexibility index (Phi) is 7.02. The minimum absolute atomic E-state index is 0.0542. The summed E-state index contributed by atoms with van der Waals surface area (Å²) in [7, 11) is 1.70. The van der Waals surface area contributed by atoms with Crippen LogP contribution >= 0.6 is 0 Å². The van der Waals surface area contributed by atoms with Crippen molar-refractivity contribution in [1.29, 1.82) is 0 Å². The van der Waals surface area contributed by atoms with Gasteiger partial charge >= 0.3 is 0 Å². The van der Waals surface area contributed by atoms with E-state index in [9.17, 15) is 4.79 Å². The second-order valence-corrected chi connectivity index (χ2v) is 8.57. The molecular weight excluding hydrogens is 390 g/mol. The molecule has 0 radical (unpaired) electrons. The highest BCUT2D eigenvalue weighted by Gasteiger charge is 2.31. The van der Waals surface area contributed by atoms with Crippen molar-refractivity contribution in [2.45, 2.75) is 32.2 Å². The van der Waals surface area contributed by atoms with Crippen molar-refractivity contribution in [1.82, 2.24) is 19.8 Å². The quantitative estimate of drug-likeness (QED) is 0.711. The standard InChI is InChI=1S/C24H33N5O2/c1-19(23(30)28-14-16-29(17-15-28)24-25-10-3-11-26-24)27-12-8-21(9-13-27)18-20-4-6-22(31-2)7-5-20/h3-7,10-11,19,21H,8-9,12-18H2,1-2H3. The van der Waals surface area contributed by atoms with E-state index in [1.807, 2.05) is 23.1 Å². The van der Waals surface area contributed by atoms with E-state index in [2.05, 4.69) is 38.8 Å². The number of piperazine rings is 1. The molecule has 0 spiro atoms. The van der Waals surface area contributed by atoms with Crippen molar-refractivity contribution in [3.63, 3.8) is 0 Å². The lowest BCUT2D eigenvalue weighted by molar-refractivity contribution is -0.137. The molecule has 2 aliphatic rings. The molecule has 31 heavy (non-hydrogen) atoms. The maximum atomic E-state index is 13.1. The molecule has 1 atom stereocenters. The summed E-state index contributed by atoms with van der Waals surface area (Å²) in [6.07, 6.45) is 6.91. The number of carbonyl (C=O) groups is 1. The highest BCUT2D eigenvalue weighted by Crippen LogP contribution is 2.24. The number of amides is 1. The van der Waals surface area contributed by atoms with Crippen molar-refractivity contribution in [2.24, 2.45) is 5.92 Å². The molecule has 1 aromatic heterocycles. The lowest BCUT2D eigenvalue weighted by atomic mass is 9.89. The number of piperidine rings is 1. The summed E-state index contributed by atoms with van der Waals surface area (Å²) in [4.78, 5) is 28.3. The van der Waals surface area contributed by atoms with Gasteiger partial charge in [0, 0.05) is 38.6 Å². The molecule has 7 heteroatoms. The fraction of sp³-hybridized carbons (Fsp3) is 0.542. The highest BCUT2D eigenvalue weighted by atomic mass is 16.5. The van der Waals surface area contributed by atoms with Gasteiger partial charge in [-0.05, 0) is 69.0 Å². The summed E-state index contributed by atoms with van der Waals surface area (Å²) >= 11 is 0. The van der Waals surface area contributed by atoms with Crippen molar-refractivity contribution in [3.8, 4) is 5.75 Å². The minimum atomic E-state index is -0.0542. The lowest BCUT2D eigenvalue weighted by Gasteiger charge is -2.40. The number of anilines is 1. The van der Waals surface area contributed by atoms with Crippen LogP contribution in [0.5, 0.6) is 5.75 Å². The first-order valence-electron chi connectivity index (χ1n) is 11.3. The second kappa shape index (κ2) is 10.1. The maximum absolute atomic E-state index is 13.1. The molecular formula is C24H33N5O2. The van der Waals surface area contributed by atoms with Crippen LogP contribution < -0.4 is 9.64 Å². The zero-order chi connectivity index (χ0) is 21.6.